The van der Waals surface area contributed by atoms with Gasteiger partial charge in [0.25, 0.3) is 0 Å². The summed E-state index contributed by atoms with van der Waals surface area (Å²) in [4.78, 5) is 18.3. The minimum absolute atomic E-state index is 0.0641. The first-order valence-corrected chi connectivity index (χ1v) is 7.53. The van der Waals surface area contributed by atoms with Gasteiger partial charge in [0.1, 0.15) is 5.69 Å². The Morgan fingerprint density at radius 2 is 2.17 bits per heavy atom. The molecule has 2 aromatic heterocycles. The molecule has 3 rings (SSSR count). The Bertz CT molecular complexity index is 1020. The van der Waals surface area contributed by atoms with Gasteiger partial charge in [0, 0.05) is 39.4 Å². The third-order valence-corrected chi connectivity index (χ3v) is 3.97. The van der Waals surface area contributed by atoms with Crippen molar-refractivity contribution in [2.75, 3.05) is 0 Å². The van der Waals surface area contributed by atoms with Crippen LogP contribution in [0.15, 0.2) is 36.7 Å². The average molecular weight is 358 g/mol. The quantitative estimate of drug-likeness (QED) is 0.668. The lowest BCUT2D eigenvalue weighted by atomic mass is 10.0. The van der Waals surface area contributed by atoms with Gasteiger partial charge in [0.2, 0.25) is 0 Å². The van der Waals surface area contributed by atoms with E-state index in [1.165, 1.54) is 18.3 Å². The van der Waals surface area contributed by atoms with Gasteiger partial charge in [0.15, 0.2) is 0 Å². The Morgan fingerprint density at radius 3 is 2.79 bits per heavy atom. The number of aromatic amines is 1. The van der Waals surface area contributed by atoms with Gasteiger partial charge in [0.05, 0.1) is 16.7 Å². The Labute approximate surface area is 146 Å². The number of pyridine rings is 1. The fourth-order valence-corrected chi connectivity index (χ4v) is 3.03. The van der Waals surface area contributed by atoms with Crippen LogP contribution in [0.5, 0.6) is 0 Å². The van der Waals surface area contributed by atoms with Crippen LogP contribution in [0.3, 0.4) is 0 Å². The second-order valence-corrected chi connectivity index (χ2v) is 5.78. The molecule has 0 saturated heterocycles. The summed E-state index contributed by atoms with van der Waals surface area (Å²) in [6.07, 6.45) is 4.60. The van der Waals surface area contributed by atoms with Gasteiger partial charge in [-0.25, -0.2) is 4.79 Å². The summed E-state index contributed by atoms with van der Waals surface area (Å²) in [5.41, 5.74) is 1.60. The molecule has 7 heteroatoms. The highest BCUT2D eigenvalue weighted by atomic mass is 35.5. The molecule has 1 aromatic carbocycles. The lowest BCUT2D eigenvalue weighted by Gasteiger charge is -2.01. The van der Waals surface area contributed by atoms with Crippen LogP contribution in [-0.4, -0.2) is 21.0 Å². The van der Waals surface area contributed by atoms with Crippen molar-refractivity contribution in [3.8, 4) is 6.07 Å². The van der Waals surface area contributed by atoms with E-state index < -0.39 is 5.97 Å². The molecule has 5 nitrogen and oxygen atoms in total. The zero-order valence-electron chi connectivity index (χ0n) is 12.0. The van der Waals surface area contributed by atoms with Crippen molar-refractivity contribution in [1.82, 2.24) is 9.97 Å². The van der Waals surface area contributed by atoms with Gasteiger partial charge in [-0.3, -0.25) is 4.98 Å². The Hall–Kier alpha value is -2.81. The van der Waals surface area contributed by atoms with Crippen molar-refractivity contribution in [1.29, 1.82) is 5.26 Å². The second kappa shape index (κ2) is 6.36. The molecule has 0 atom stereocenters. The Morgan fingerprint density at radius 1 is 1.38 bits per heavy atom. The van der Waals surface area contributed by atoms with Crippen LogP contribution >= 0.6 is 23.2 Å². The number of carbonyl (C=O) groups is 1. The van der Waals surface area contributed by atoms with Crippen molar-refractivity contribution >= 4 is 51.7 Å². The maximum atomic E-state index is 11.6. The number of nitriles is 1. The molecule has 0 bridgehead atoms. The summed E-state index contributed by atoms with van der Waals surface area (Å²) in [6, 6.07) is 8.59. The molecular weight excluding hydrogens is 349 g/mol. The minimum atomic E-state index is -1.16. The number of hydrogen-bond acceptors (Lipinski definition) is 3. The minimum Gasteiger partial charge on any atom is -0.477 e. The van der Waals surface area contributed by atoms with E-state index in [1.54, 1.807) is 24.4 Å². The van der Waals surface area contributed by atoms with Crippen molar-refractivity contribution in [2.45, 2.75) is 0 Å². The largest absolute Gasteiger partial charge is 0.477 e. The number of fused-ring (bicyclic) bond motifs is 1. The molecule has 0 fully saturated rings. The molecule has 0 radical (unpaired) electrons. The lowest BCUT2D eigenvalue weighted by Crippen LogP contribution is -1.99. The van der Waals surface area contributed by atoms with Gasteiger partial charge in [-0.2, -0.15) is 5.26 Å². The normalized spacial score (nSPS) is 11.5. The molecule has 0 aliphatic rings. The lowest BCUT2D eigenvalue weighted by molar-refractivity contribution is 0.0691. The summed E-state index contributed by atoms with van der Waals surface area (Å²) in [7, 11) is 0. The predicted octanol–water partition coefficient (Wildman–Crippen LogP) is 4.63. The first kappa shape index (κ1) is 16.1. The fourth-order valence-electron chi connectivity index (χ4n) is 2.43. The first-order chi connectivity index (χ1) is 11.5. The number of halogens is 2. The Kier molecular flexibility index (Phi) is 4.26. The molecule has 0 saturated carbocycles. The van der Waals surface area contributed by atoms with Gasteiger partial charge in [-0.1, -0.05) is 29.3 Å². The maximum Gasteiger partial charge on any atom is 0.352 e. The van der Waals surface area contributed by atoms with E-state index >= 15 is 0 Å². The van der Waals surface area contributed by atoms with Crippen LogP contribution in [0.25, 0.3) is 22.6 Å². The number of rotatable bonds is 3. The van der Waals surface area contributed by atoms with E-state index in [4.69, 9.17) is 23.2 Å². The number of nitrogens with one attached hydrogen (secondary N) is 1. The fraction of sp³-hybridized carbons (Fsp3) is 0. The molecule has 3 aromatic rings. The number of H-pyrrole nitrogens is 1. The van der Waals surface area contributed by atoms with E-state index in [2.05, 4.69) is 16.0 Å². The number of hydrogen-bond donors (Lipinski definition) is 2. The van der Waals surface area contributed by atoms with E-state index in [-0.39, 0.29) is 11.3 Å². The van der Waals surface area contributed by atoms with Crippen LogP contribution in [0, 0.1) is 11.3 Å². The van der Waals surface area contributed by atoms with Crippen LogP contribution in [0.2, 0.25) is 10.0 Å². The SMILES string of the molecule is N#C/C(=C/c1c(C(=O)O)[nH]c2cc(Cl)cc(Cl)c12)c1cccnc1. The molecule has 2 N–H and O–H groups in total. The number of aromatic carboxylic acids is 1. The van der Waals surface area contributed by atoms with E-state index in [0.29, 0.717) is 32.1 Å². The molecule has 0 unspecified atom stereocenters. The van der Waals surface area contributed by atoms with Crippen molar-refractivity contribution < 1.29 is 9.90 Å². The van der Waals surface area contributed by atoms with Crippen LogP contribution in [-0.2, 0) is 0 Å². The van der Waals surface area contributed by atoms with Crippen LogP contribution < -0.4 is 0 Å². The second-order valence-electron chi connectivity index (χ2n) is 4.94. The highest BCUT2D eigenvalue weighted by Crippen LogP contribution is 2.34. The summed E-state index contributed by atoms with van der Waals surface area (Å²) in [5.74, 6) is -1.16. The molecule has 118 valence electrons. The number of carboxylic acid groups (broad SMARTS) is 1. The topological polar surface area (TPSA) is 89.8 Å². The Balaban J connectivity index is 2.32. The summed E-state index contributed by atoms with van der Waals surface area (Å²) >= 11 is 12.2. The standard InChI is InChI=1S/C17H9Cl2N3O2/c18-11-5-13(19)15-12(16(17(23)24)22-14(15)6-11)4-10(7-20)9-2-1-3-21-8-9/h1-6,8,22H,(H,23,24)/b10-4-. The number of allylic oxidation sites excluding steroid dienone is 1. The molecule has 24 heavy (non-hydrogen) atoms. The highest BCUT2D eigenvalue weighted by molar-refractivity contribution is 6.39. The number of carboxylic acids is 1. The van der Waals surface area contributed by atoms with E-state index in [1.807, 2.05) is 0 Å². The number of benzene rings is 1. The molecule has 0 spiro atoms. The molecule has 0 amide bonds. The zero-order valence-corrected chi connectivity index (χ0v) is 13.6. The van der Waals surface area contributed by atoms with Crippen molar-refractivity contribution in [3.05, 3.63) is 63.5 Å². The summed E-state index contributed by atoms with van der Waals surface area (Å²) in [6.45, 7) is 0. The van der Waals surface area contributed by atoms with Gasteiger partial charge in [-0.15, -0.1) is 0 Å². The number of aromatic nitrogens is 2. The molecule has 2 heterocycles. The summed E-state index contributed by atoms with van der Waals surface area (Å²) < 4.78 is 0. The van der Waals surface area contributed by atoms with E-state index in [9.17, 15) is 15.2 Å². The highest BCUT2D eigenvalue weighted by Gasteiger charge is 2.19. The van der Waals surface area contributed by atoms with Crippen LogP contribution in [0.1, 0.15) is 21.6 Å². The number of nitrogens with zero attached hydrogens (tertiary/aromatic N) is 2. The van der Waals surface area contributed by atoms with Gasteiger partial charge in [-0.05, 0) is 24.3 Å². The third-order valence-electron chi connectivity index (χ3n) is 3.45. The molecule has 0 aliphatic heterocycles. The van der Waals surface area contributed by atoms with Crippen LogP contribution in [0.4, 0.5) is 0 Å². The maximum absolute atomic E-state index is 11.6. The van der Waals surface area contributed by atoms with Crippen molar-refractivity contribution in [3.63, 3.8) is 0 Å². The first-order valence-electron chi connectivity index (χ1n) is 6.77. The third kappa shape index (κ3) is 2.85. The zero-order chi connectivity index (χ0) is 17.3. The predicted molar refractivity (Wildman–Crippen MR) is 93.0 cm³/mol. The van der Waals surface area contributed by atoms with Gasteiger partial charge >= 0.3 is 5.97 Å². The molecule has 0 aliphatic carbocycles. The monoisotopic (exact) mass is 357 g/mol. The van der Waals surface area contributed by atoms with E-state index in [0.717, 1.165) is 0 Å². The molecular formula is C17H9Cl2N3O2. The smallest absolute Gasteiger partial charge is 0.352 e. The van der Waals surface area contributed by atoms with Crippen molar-refractivity contribution in [2.24, 2.45) is 0 Å². The van der Waals surface area contributed by atoms with Gasteiger partial charge < -0.3 is 10.1 Å². The average Bonchev–Trinajstić information content (AvgIpc) is 2.92. The summed E-state index contributed by atoms with van der Waals surface area (Å²) in [5, 5.41) is 20.1.